The number of amides is 1. The minimum atomic E-state index is -3.66. The molecule has 0 spiro atoms. The van der Waals surface area contributed by atoms with Gasteiger partial charge in [0.15, 0.2) is 0 Å². The third kappa shape index (κ3) is 5.94. The molecule has 2 N–H and O–H groups in total. The van der Waals surface area contributed by atoms with E-state index >= 15 is 0 Å². The lowest BCUT2D eigenvalue weighted by molar-refractivity contribution is -0.126. The molecule has 1 aliphatic heterocycles. The number of nitrogens with one attached hydrogen (secondary N) is 2. The van der Waals surface area contributed by atoms with Crippen molar-refractivity contribution in [3.05, 3.63) is 59.7 Å². The van der Waals surface area contributed by atoms with E-state index in [-0.39, 0.29) is 35.3 Å². The summed E-state index contributed by atoms with van der Waals surface area (Å²) in [5.74, 6) is -0.749. The van der Waals surface area contributed by atoms with Gasteiger partial charge in [-0.05, 0) is 51.0 Å². The predicted molar refractivity (Wildman–Crippen MR) is 122 cm³/mol. The van der Waals surface area contributed by atoms with Gasteiger partial charge in [0.05, 0.1) is 15.7 Å². The van der Waals surface area contributed by atoms with Crippen LogP contribution in [0.2, 0.25) is 0 Å². The van der Waals surface area contributed by atoms with Crippen LogP contribution in [-0.4, -0.2) is 53.2 Å². The van der Waals surface area contributed by atoms with Gasteiger partial charge in [-0.2, -0.15) is 4.31 Å². The zero-order chi connectivity index (χ0) is 23.4. The van der Waals surface area contributed by atoms with Crippen LogP contribution in [0.25, 0.3) is 0 Å². The molecule has 2 aromatic carbocycles. The summed E-state index contributed by atoms with van der Waals surface area (Å²) in [6.07, 6.45) is 1.17. The number of sulfonamides is 2. The first-order valence-electron chi connectivity index (χ1n) is 10.5. The Hall–Kier alpha value is -2.27. The first-order valence-corrected chi connectivity index (χ1v) is 13.4. The summed E-state index contributed by atoms with van der Waals surface area (Å²) in [7, 11) is -7.31. The van der Waals surface area contributed by atoms with Gasteiger partial charge in [0, 0.05) is 26.2 Å². The van der Waals surface area contributed by atoms with E-state index in [0.717, 1.165) is 11.1 Å². The van der Waals surface area contributed by atoms with Gasteiger partial charge in [-0.3, -0.25) is 4.79 Å². The average Bonchev–Trinajstić information content (AvgIpc) is 2.77. The molecule has 1 aliphatic rings. The second-order valence-electron chi connectivity index (χ2n) is 8.02. The van der Waals surface area contributed by atoms with Crippen LogP contribution in [0.1, 0.15) is 24.0 Å². The largest absolute Gasteiger partial charge is 0.355 e. The van der Waals surface area contributed by atoms with Gasteiger partial charge in [-0.15, -0.1) is 0 Å². The highest BCUT2D eigenvalue weighted by Gasteiger charge is 2.33. The Morgan fingerprint density at radius 1 is 0.906 bits per heavy atom. The molecule has 1 fully saturated rings. The Morgan fingerprint density at radius 2 is 1.47 bits per heavy atom. The molecule has 3 rings (SSSR count). The first kappa shape index (κ1) is 24.4. The summed E-state index contributed by atoms with van der Waals surface area (Å²) in [5, 5.41) is 2.72. The van der Waals surface area contributed by atoms with Crippen LogP contribution in [0.15, 0.2) is 58.3 Å². The number of hydrogen-bond acceptors (Lipinski definition) is 5. The molecule has 0 aromatic heterocycles. The van der Waals surface area contributed by atoms with Gasteiger partial charge < -0.3 is 5.32 Å². The van der Waals surface area contributed by atoms with Crippen molar-refractivity contribution in [1.82, 2.24) is 14.3 Å². The fourth-order valence-corrected chi connectivity index (χ4v) is 6.11. The lowest BCUT2D eigenvalue weighted by Gasteiger charge is -2.31. The summed E-state index contributed by atoms with van der Waals surface area (Å²) in [6.45, 7) is 4.40. The molecular formula is C22H29N3O5S2. The predicted octanol–water partition coefficient (Wildman–Crippen LogP) is 1.80. The minimum absolute atomic E-state index is 0.0417. The van der Waals surface area contributed by atoms with Crippen molar-refractivity contribution >= 4 is 26.0 Å². The lowest BCUT2D eigenvalue weighted by Crippen LogP contribution is -2.46. The van der Waals surface area contributed by atoms with Gasteiger partial charge in [0.25, 0.3) is 0 Å². The highest BCUT2D eigenvalue weighted by molar-refractivity contribution is 7.89. The van der Waals surface area contributed by atoms with Crippen LogP contribution in [0, 0.1) is 19.8 Å². The third-order valence-corrected chi connectivity index (χ3v) is 8.82. The van der Waals surface area contributed by atoms with Crippen molar-refractivity contribution in [3.63, 3.8) is 0 Å². The molecule has 0 saturated carbocycles. The number of rotatable bonds is 8. The maximum Gasteiger partial charge on any atom is 0.243 e. The van der Waals surface area contributed by atoms with Crippen LogP contribution in [-0.2, 0) is 24.8 Å². The number of aryl methyl sites for hydroxylation is 2. The molecule has 2 aromatic rings. The van der Waals surface area contributed by atoms with E-state index in [1.165, 1.54) is 16.4 Å². The van der Waals surface area contributed by atoms with Crippen LogP contribution in [0.4, 0.5) is 0 Å². The van der Waals surface area contributed by atoms with Gasteiger partial charge in [0.1, 0.15) is 0 Å². The quantitative estimate of drug-likeness (QED) is 0.561. The van der Waals surface area contributed by atoms with Crippen molar-refractivity contribution in [2.45, 2.75) is 36.5 Å². The van der Waals surface area contributed by atoms with Gasteiger partial charge in [0.2, 0.25) is 26.0 Å². The second-order valence-corrected chi connectivity index (χ2v) is 11.7. The van der Waals surface area contributed by atoms with E-state index in [2.05, 4.69) is 10.0 Å². The third-order valence-electron chi connectivity index (χ3n) is 5.46. The molecule has 0 aliphatic carbocycles. The van der Waals surface area contributed by atoms with Crippen LogP contribution < -0.4 is 10.0 Å². The van der Waals surface area contributed by atoms with Crippen molar-refractivity contribution < 1.29 is 21.6 Å². The number of carbonyl (C=O) groups excluding carboxylic acids is 1. The zero-order valence-corrected chi connectivity index (χ0v) is 19.9. The van der Waals surface area contributed by atoms with E-state index < -0.39 is 26.0 Å². The molecule has 0 radical (unpaired) electrons. The molecule has 10 heteroatoms. The molecule has 174 valence electrons. The lowest BCUT2D eigenvalue weighted by atomic mass is 9.99. The molecule has 1 amide bonds. The standard InChI is InChI=1S/C22H29N3O5S2/c1-17-5-9-20(10-6-17)31(27,28)24-14-13-23-22(26)19-4-3-15-25(16-19)32(29,30)21-11-7-18(2)8-12-21/h5-12,19,24H,3-4,13-16H2,1-2H3,(H,23,26)/t19-/m0/s1. The maximum absolute atomic E-state index is 12.9. The minimum Gasteiger partial charge on any atom is -0.355 e. The fraction of sp³-hybridized carbons (Fsp3) is 0.409. The Morgan fingerprint density at radius 3 is 2.06 bits per heavy atom. The van der Waals surface area contributed by atoms with Crippen LogP contribution >= 0.6 is 0 Å². The SMILES string of the molecule is Cc1ccc(S(=O)(=O)NCCNC(=O)[C@H]2CCCN(S(=O)(=O)c3ccc(C)cc3)C2)cc1. The van der Waals surface area contributed by atoms with E-state index in [9.17, 15) is 21.6 Å². The maximum atomic E-state index is 12.9. The Kier molecular flexibility index (Phi) is 7.71. The number of piperidine rings is 1. The molecule has 1 heterocycles. The van der Waals surface area contributed by atoms with E-state index in [0.29, 0.717) is 19.4 Å². The highest BCUT2D eigenvalue weighted by Crippen LogP contribution is 2.24. The summed E-state index contributed by atoms with van der Waals surface area (Å²) in [6, 6.07) is 13.1. The van der Waals surface area contributed by atoms with Crippen molar-refractivity contribution in [2.24, 2.45) is 5.92 Å². The monoisotopic (exact) mass is 479 g/mol. The summed E-state index contributed by atoms with van der Waals surface area (Å²) < 4.78 is 54.2. The zero-order valence-electron chi connectivity index (χ0n) is 18.2. The second kappa shape index (κ2) is 10.1. The van der Waals surface area contributed by atoms with Crippen molar-refractivity contribution in [2.75, 3.05) is 26.2 Å². The molecule has 1 saturated heterocycles. The fourth-order valence-electron chi connectivity index (χ4n) is 3.55. The van der Waals surface area contributed by atoms with Gasteiger partial charge in [-0.1, -0.05) is 35.4 Å². The smallest absolute Gasteiger partial charge is 0.243 e. The van der Waals surface area contributed by atoms with Gasteiger partial charge >= 0.3 is 0 Å². The summed E-state index contributed by atoms with van der Waals surface area (Å²) in [4.78, 5) is 13.0. The molecule has 0 unspecified atom stereocenters. The van der Waals surface area contributed by atoms with E-state index in [1.807, 2.05) is 13.8 Å². The van der Waals surface area contributed by atoms with Crippen molar-refractivity contribution in [3.8, 4) is 0 Å². The summed E-state index contributed by atoms with van der Waals surface area (Å²) in [5.41, 5.74) is 1.93. The molecule has 8 nitrogen and oxygen atoms in total. The topological polar surface area (TPSA) is 113 Å². The van der Waals surface area contributed by atoms with E-state index in [4.69, 9.17) is 0 Å². The molecular weight excluding hydrogens is 450 g/mol. The number of carbonyl (C=O) groups is 1. The summed E-state index contributed by atoms with van der Waals surface area (Å²) >= 11 is 0. The molecule has 0 bridgehead atoms. The van der Waals surface area contributed by atoms with Gasteiger partial charge in [-0.25, -0.2) is 21.6 Å². The average molecular weight is 480 g/mol. The Bertz CT molecular complexity index is 1150. The van der Waals surface area contributed by atoms with Crippen LogP contribution in [0.5, 0.6) is 0 Å². The van der Waals surface area contributed by atoms with Crippen molar-refractivity contribution in [1.29, 1.82) is 0 Å². The Balaban J connectivity index is 1.52. The first-order chi connectivity index (χ1) is 15.1. The number of hydrogen-bond donors (Lipinski definition) is 2. The van der Waals surface area contributed by atoms with E-state index in [1.54, 1.807) is 36.4 Å². The molecule has 32 heavy (non-hydrogen) atoms. The molecule has 1 atom stereocenters. The number of benzene rings is 2. The van der Waals surface area contributed by atoms with Crippen LogP contribution in [0.3, 0.4) is 0 Å². The highest BCUT2D eigenvalue weighted by atomic mass is 32.2. The number of nitrogens with zero attached hydrogens (tertiary/aromatic N) is 1. The normalized spacial score (nSPS) is 17.8. The Labute approximate surface area is 190 Å².